The van der Waals surface area contributed by atoms with Crippen LogP contribution in [0.5, 0.6) is 11.5 Å². The first-order valence-corrected chi connectivity index (χ1v) is 12.3. The summed E-state index contributed by atoms with van der Waals surface area (Å²) in [4.78, 5) is 54.6. The molecular formula is C27H24N2O7S. The molecule has 1 atom stereocenters. The summed E-state index contributed by atoms with van der Waals surface area (Å²) in [5.41, 5.74) is 1.54. The number of nitrogens with zero attached hydrogens (tertiary/aromatic N) is 2. The van der Waals surface area contributed by atoms with Crippen molar-refractivity contribution in [1.29, 1.82) is 0 Å². The number of benzene rings is 2. The van der Waals surface area contributed by atoms with Crippen molar-refractivity contribution < 1.29 is 28.6 Å². The Kier molecular flexibility index (Phi) is 7.49. The van der Waals surface area contributed by atoms with Gasteiger partial charge in [-0.2, -0.15) is 0 Å². The van der Waals surface area contributed by atoms with E-state index in [1.807, 2.05) is 30.3 Å². The molecule has 0 N–H and O–H groups in total. The molecule has 0 amide bonds. The molecule has 0 saturated heterocycles. The van der Waals surface area contributed by atoms with Gasteiger partial charge in [0, 0.05) is 25.5 Å². The molecule has 0 spiro atoms. The third-order valence-corrected chi connectivity index (χ3v) is 6.40. The molecule has 0 radical (unpaired) electrons. The van der Waals surface area contributed by atoms with Crippen molar-refractivity contribution in [3.63, 3.8) is 0 Å². The smallest absolute Gasteiger partial charge is 0.338 e. The third-order valence-electron chi connectivity index (χ3n) is 5.42. The van der Waals surface area contributed by atoms with Gasteiger partial charge in [0.15, 0.2) is 4.80 Å². The van der Waals surface area contributed by atoms with Gasteiger partial charge in [0.05, 0.1) is 28.5 Å². The van der Waals surface area contributed by atoms with Gasteiger partial charge in [0.2, 0.25) is 0 Å². The Morgan fingerprint density at radius 1 is 1.05 bits per heavy atom. The van der Waals surface area contributed by atoms with Gasteiger partial charge in [0.25, 0.3) is 5.56 Å². The fraction of sp³-hybridized carbons (Fsp3) is 0.222. The molecule has 10 heteroatoms. The minimum Gasteiger partial charge on any atom is -0.463 e. The van der Waals surface area contributed by atoms with E-state index in [2.05, 4.69) is 4.99 Å². The van der Waals surface area contributed by atoms with Crippen LogP contribution < -0.4 is 24.4 Å². The summed E-state index contributed by atoms with van der Waals surface area (Å²) in [7, 11) is 0. The van der Waals surface area contributed by atoms with Crippen LogP contribution in [0.15, 0.2) is 69.6 Å². The second kappa shape index (κ2) is 10.8. The van der Waals surface area contributed by atoms with E-state index in [1.54, 1.807) is 26.0 Å². The van der Waals surface area contributed by atoms with Crippen LogP contribution in [0.3, 0.4) is 0 Å². The maximum Gasteiger partial charge on any atom is 0.338 e. The van der Waals surface area contributed by atoms with E-state index in [-0.39, 0.29) is 23.7 Å². The lowest BCUT2D eigenvalue weighted by Crippen LogP contribution is -2.39. The minimum atomic E-state index is -0.724. The predicted octanol–water partition coefficient (Wildman–Crippen LogP) is 2.65. The first-order chi connectivity index (χ1) is 17.7. The van der Waals surface area contributed by atoms with Gasteiger partial charge >= 0.3 is 17.9 Å². The minimum absolute atomic E-state index is 0.125. The highest BCUT2D eigenvalue weighted by atomic mass is 32.1. The molecule has 9 nitrogen and oxygen atoms in total. The van der Waals surface area contributed by atoms with Crippen molar-refractivity contribution in [1.82, 2.24) is 4.57 Å². The predicted molar refractivity (Wildman–Crippen MR) is 136 cm³/mol. The van der Waals surface area contributed by atoms with E-state index in [9.17, 15) is 19.2 Å². The number of allylic oxidation sites excluding steroid dienone is 1. The van der Waals surface area contributed by atoms with E-state index < -0.39 is 23.9 Å². The molecule has 0 aliphatic carbocycles. The summed E-state index contributed by atoms with van der Waals surface area (Å²) >= 11 is 1.14. The van der Waals surface area contributed by atoms with E-state index in [0.717, 1.165) is 16.9 Å². The monoisotopic (exact) mass is 520 g/mol. The molecule has 2 aromatic carbocycles. The molecule has 1 aromatic heterocycles. The second-order valence-corrected chi connectivity index (χ2v) is 9.11. The Morgan fingerprint density at radius 2 is 1.76 bits per heavy atom. The van der Waals surface area contributed by atoms with E-state index >= 15 is 0 Å². The van der Waals surface area contributed by atoms with E-state index in [0.29, 0.717) is 26.2 Å². The third kappa shape index (κ3) is 5.44. The second-order valence-electron chi connectivity index (χ2n) is 8.10. The van der Waals surface area contributed by atoms with Crippen LogP contribution in [0.25, 0.3) is 6.08 Å². The van der Waals surface area contributed by atoms with Gasteiger partial charge in [-0.25, -0.2) is 9.79 Å². The molecule has 0 saturated carbocycles. The quantitative estimate of drug-likeness (QED) is 0.363. The summed E-state index contributed by atoms with van der Waals surface area (Å²) < 4.78 is 17.5. The normalized spacial score (nSPS) is 15.0. The molecule has 4 rings (SSSR count). The summed E-state index contributed by atoms with van der Waals surface area (Å²) in [6.45, 7) is 6.12. The number of aromatic nitrogens is 1. The molecule has 1 aliphatic heterocycles. The highest BCUT2D eigenvalue weighted by molar-refractivity contribution is 7.07. The summed E-state index contributed by atoms with van der Waals surface area (Å²) in [6.07, 6.45) is 1.57. The fourth-order valence-electron chi connectivity index (χ4n) is 3.99. The molecular weight excluding hydrogens is 496 g/mol. The summed E-state index contributed by atoms with van der Waals surface area (Å²) in [5.74, 6) is -1.32. The van der Waals surface area contributed by atoms with E-state index in [4.69, 9.17) is 14.2 Å². The van der Waals surface area contributed by atoms with Crippen LogP contribution >= 0.6 is 11.3 Å². The highest BCUT2D eigenvalue weighted by Gasteiger charge is 2.33. The van der Waals surface area contributed by atoms with Crippen LogP contribution in [0.2, 0.25) is 0 Å². The number of hydrogen-bond acceptors (Lipinski definition) is 9. The topological polar surface area (TPSA) is 113 Å². The number of esters is 3. The Morgan fingerprint density at radius 3 is 2.41 bits per heavy atom. The number of rotatable bonds is 6. The van der Waals surface area contributed by atoms with Gasteiger partial charge in [-0.05, 0) is 37.6 Å². The number of thiazole rings is 1. The van der Waals surface area contributed by atoms with Crippen molar-refractivity contribution in [3.8, 4) is 11.5 Å². The van der Waals surface area contributed by atoms with Crippen LogP contribution in [0.1, 0.15) is 44.9 Å². The number of carbonyl (C=O) groups is 3. The fourth-order valence-corrected chi connectivity index (χ4v) is 5.03. The van der Waals surface area contributed by atoms with Crippen LogP contribution in [-0.4, -0.2) is 29.1 Å². The highest BCUT2D eigenvalue weighted by Crippen LogP contribution is 2.31. The Bertz CT molecular complexity index is 1600. The molecule has 190 valence electrons. The zero-order chi connectivity index (χ0) is 26.7. The van der Waals surface area contributed by atoms with Gasteiger partial charge in [0.1, 0.15) is 11.5 Å². The average Bonchev–Trinajstić information content (AvgIpc) is 3.14. The number of fused-ring (bicyclic) bond motifs is 1. The lowest BCUT2D eigenvalue weighted by molar-refractivity contribution is -0.139. The number of ether oxygens (including phenoxy) is 3. The van der Waals surface area contributed by atoms with Gasteiger partial charge in [-0.15, -0.1) is 0 Å². The zero-order valence-corrected chi connectivity index (χ0v) is 21.5. The van der Waals surface area contributed by atoms with Crippen molar-refractivity contribution in [3.05, 3.63) is 90.6 Å². The lowest BCUT2D eigenvalue weighted by Gasteiger charge is -2.24. The van der Waals surface area contributed by atoms with E-state index in [1.165, 1.54) is 30.5 Å². The van der Waals surface area contributed by atoms with Crippen LogP contribution in [0.4, 0.5) is 0 Å². The van der Waals surface area contributed by atoms with Crippen molar-refractivity contribution >= 4 is 35.3 Å². The number of carbonyl (C=O) groups excluding carboxylic acids is 3. The molecule has 37 heavy (non-hydrogen) atoms. The molecule has 3 aromatic rings. The average molecular weight is 521 g/mol. The number of hydrogen-bond donors (Lipinski definition) is 0. The molecule has 1 unspecified atom stereocenters. The first kappa shape index (κ1) is 25.8. The van der Waals surface area contributed by atoms with Crippen molar-refractivity contribution in [2.75, 3.05) is 6.61 Å². The lowest BCUT2D eigenvalue weighted by atomic mass is 9.96. The van der Waals surface area contributed by atoms with Gasteiger partial charge in [-0.1, -0.05) is 41.7 Å². The summed E-state index contributed by atoms with van der Waals surface area (Å²) in [6, 6.07) is 13.0. The molecule has 1 aliphatic rings. The molecule has 0 bridgehead atoms. The van der Waals surface area contributed by atoms with Gasteiger partial charge in [-0.3, -0.25) is 19.0 Å². The zero-order valence-electron chi connectivity index (χ0n) is 20.6. The SMILES string of the molecule is CCOC(=O)C1=C(C)N=c2sc(=Cc3ccc(OC(C)=O)cc3OC(C)=O)c(=O)n2C1c1ccccc1. The largest absolute Gasteiger partial charge is 0.463 e. The Labute approximate surface area is 215 Å². The van der Waals surface area contributed by atoms with Gasteiger partial charge < -0.3 is 14.2 Å². The van der Waals surface area contributed by atoms with Crippen LogP contribution in [0, 0.1) is 0 Å². The summed E-state index contributed by atoms with van der Waals surface area (Å²) in [5, 5.41) is 0. The maximum absolute atomic E-state index is 13.7. The Hall–Kier alpha value is -4.31. The molecule has 2 heterocycles. The maximum atomic E-state index is 13.7. The Balaban J connectivity index is 1.91. The van der Waals surface area contributed by atoms with Crippen molar-refractivity contribution in [2.45, 2.75) is 33.7 Å². The van der Waals surface area contributed by atoms with Crippen LogP contribution in [-0.2, 0) is 19.1 Å². The van der Waals surface area contributed by atoms with Crippen molar-refractivity contribution in [2.24, 2.45) is 4.99 Å². The molecule has 0 fully saturated rings. The standard InChI is InChI=1S/C27H24N2O7S/c1-5-34-26(33)23-15(2)28-27-29(24(23)18-9-7-6-8-10-18)25(32)22(37-27)13-19-11-12-20(35-16(3)30)14-21(19)36-17(4)31/h6-14,24H,5H2,1-4H3. The first-order valence-electron chi connectivity index (χ1n) is 11.4.